The fraction of sp³-hybridized carbons (Fsp3) is 0.381. The smallest absolute Gasteiger partial charge is 0.257 e. The number of ether oxygens (including phenoxy) is 1. The highest BCUT2D eigenvalue weighted by Gasteiger charge is 2.10. The van der Waals surface area contributed by atoms with Crippen LogP contribution in [0, 0.1) is 0 Å². The van der Waals surface area contributed by atoms with Crippen LogP contribution >= 0.6 is 11.6 Å². The molecular formula is C21H25ClN2O2. The van der Waals surface area contributed by atoms with Crippen LogP contribution in [0.15, 0.2) is 48.5 Å². The van der Waals surface area contributed by atoms with Crippen LogP contribution in [0.3, 0.4) is 0 Å². The lowest BCUT2D eigenvalue weighted by Gasteiger charge is -2.28. The average Bonchev–Trinajstić information content (AvgIpc) is 2.69. The number of carbonyl (C=O) groups is 1. The summed E-state index contributed by atoms with van der Waals surface area (Å²) in [6.45, 7) is 2.92. The second-order valence-corrected chi connectivity index (χ2v) is 6.99. The van der Waals surface area contributed by atoms with E-state index in [1.807, 2.05) is 0 Å². The van der Waals surface area contributed by atoms with Crippen molar-refractivity contribution >= 4 is 23.2 Å². The van der Waals surface area contributed by atoms with Crippen LogP contribution in [-0.2, 0) is 11.2 Å². The molecule has 0 saturated carbocycles. The van der Waals surface area contributed by atoms with Crippen molar-refractivity contribution in [2.75, 3.05) is 31.1 Å². The number of halogens is 1. The van der Waals surface area contributed by atoms with E-state index in [-0.39, 0.29) is 12.5 Å². The molecule has 1 amide bonds. The van der Waals surface area contributed by atoms with Crippen molar-refractivity contribution in [3.63, 3.8) is 0 Å². The molecule has 0 radical (unpaired) electrons. The van der Waals surface area contributed by atoms with Gasteiger partial charge in [-0.3, -0.25) is 4.79 Å². The fourth-order valence-electron chi connectivity index (χ4n) is 3.10. The zero-order valence-electron chi connectivity index (χ0n) is 14.9. The summed E-state index contributed by atoms with van der Waals surface area (Å²) in [7, 11) is 0. The third-order valence-corrected chi connectivity index (χ3v) is 4.83. The van der Waals surface area contributed by atoms with Gasteiger partial charge in [0, 0.05) is 30.3 Å². The predicted octanol–water partition coefficient (Wildman–Crippen LogP) is 4.07. The van der Waals surface area contributed by atoms with Gasteiger partial charge in [-0.15, -0.1) is 0 Å². The molecule has 0 spiro atoms. The molecule has 2 aromatic rings. The molecule has 4 nitrogen and oxygen atoms in total. The number of nitrogens with one attached hydrogen (secondary N) is 1. The molecular weight excluding hydrogens is 348 g/mol. The van der Waals surface area contributed by atoms with Gasteiger partial charge in [-0.05, 0) is 67.6 Å². The topological polar surface area (TPSA) is 41.6 Å². The molecule has 0 aliphatic carbocycles. The van der Waals surface area contributed by atoms with E-state index in [4.69, 9.17) is 16.3 Å². The molecule has 0 aromatic heterocycles. The quantitative estimate of drug-likeness (QED) is 0.796. The van der Waals surface area contributed by atoms with Crippen molar-refractivity contribution in [1.82, 2.24) is 5.32 Å². The summed E-state index contributed by atoms with van der Waals surface area (Å²) in [6.07, 6.45) is 4.72. The molecule has 26 heavy (non-hydrogen) atoms. The first-order chi connectivity index (χ1) is 12.7. The summed E-state index contributed by atoms with van der Waals surface area (Å²) in [5.74, 6) is 0.516. The van der Waals surface area contributed by atoms with Gasteiger partial charge in [0.15, 0.2) is 6.61 Å². The summed E-state index contributed by atoms with van der Waals surface area (Å²) in [5, 5.41) is 3.54. The van der Waals surface area contributed by atoms with Crippen LogP contribution in [0.5, 0.6) is 5.75 Å². The van der Waals surface area contributed by atoms with Crippen molar-refractivity contribution < 1.29 is 9.53 Å². The second kappa shape index (κ2) is 9.48. The average molecular weight is 373 g/mol. The molecule has 1 saturated heterocycles. The van der Waals surface area contributed by atoms with Crippen molar-refractivity contribution in [3.8, 4) is 5.75 Å². The first kappa shape index (κ1) is 18.6. The van der Waals surface area contributed by atoms with Gasteiger partial charge in [-0.2, -0.15) is 0 Å². The maximum atomic E-state index is 11.9. The van der Waals surface area contributed by atoms with Crippen LogP contribution in [-0.4, -0.2) is 32.1 Å². The van der Waals surface area contributed by atoms with E-state index in [1.165, 1.54) is 30.5 Å². The van der Waals surface area contributed by atoms with E-state index < -0.39 is 0 Å². The van der Waals surface area contributed by atoms with Crippen LogP contribution < -0.4 is 15.0 Å². The molecule has 3 rings (SSSR count). The number of carbonyl (C=O) groups excluding carboxylic acids is 1. The highest BCUT2D eigenvalue weighted by molar-refractivity contribution is 6.30. The van der Waals surface area contributed by atoms with Crippen LogP contribution in [0.1, 0.15) is 24.8 Å². The molecule has 1 heterocycles. The zero-order chi connectivity index (χ0) is 18.2. The summed E-state index contributed by atoms with van der Waals surface area (Å²) in [4.78, 5) is 14.3. The Kier molecular flexibility index (Phi) is 6.78. The first-order valence-corrected chi connectivity index (χ1v) is 9.57. The highest BCUT2D eigenvalue weighted by Crippen LogP contribution is 2.20. The molecule has 1 aliphatic heterocycles. The summed E-state index contributed by atoms with van der Waals surface area (Å²) < 4.78 is 5.43. The van der Waals surface area contributed by atoms with Crippen molar-refractivity contribution in [2.24, 2.45) is 0 Å². The monoisotopic (exact) mass is 372 g/mol. The van der Waals surface area contributed by atoms with E-state index in [2.05, 4.69) is 34.5 Å². The standard InChI is InChI=1S/C21H25ClN2O2/c22-18-6-10-20(11-7-18)26-16-21(25)23-13-12-17-4-8-19(9-5-17)24-14-2-1-3-15-24/h4-11H,1-3,12-16H2,(H,23,25). The molecule has 1 aliphatic rings. The minimum Gasteiger partial charge on any atom is -0.484 e. The fourth-order valence-corrected chi connectivity index (χ4v) is 3.23. The molecule has 0 atom stereocenters. The largest absolute Gasteiger partial charge is 0.484 e. The highest BCUT2D eigenvalue weighted by atomic mass is 35.5. The number of benzene rings is 2. The van der Waals surface area contributed by atoms with Crippen molar-refractivity contribution in [3.05, 3.63) is 59.1 Å². The van der Waals surface area contributed by atoms with Gasteiger partial charge in [0.2, 0.25) is 0 Å². The van der Waals surface area contributed by atoms with E-state index in [0.29, 0.717) is 17.3 Å². The Bertz CT molecular complexity index is 695. The van der Waals surface area contributed by atoms with Gasteiger partial charge in [0.05, 0.1) is 0 Å². The Hall–Kier alpha value is -2.20. The van der Waals surface area contributed by atoms with E-state index in [9.17, 15) is 4.79 Å². The summed E-state index contributed by atoms with van der Waals surface area (Å²) >= 11 is 5.82. The van der Waals surface area contributed by atoms with Gasteiger partial charge >= 0.3 is 0 Å². The maximum absolute atomic E-state index is 11.9. The summed E-state index contributed by atoms with van der Waals surface area (Å²) in [5.41, 5.74) is 2.53. The van der Waals surface area contributed by atoms with Crippen LogP contribution in [0.4, 0.5) is 5.69 Å². The normalized spacial score (nSPS) is 14.1. The van der Waals surface area contributed by atoms with Gasteiger partial charge in [-0.25, -0.2) is 0 Å². The number of amides is 1. The van der Waals surface area contributed by atoms with Crippen molar-refractivity contribution in [1.29, 1.82) is 0 Å². The van der Waals surface area contributed by atoms with Gasteiger partial charge in [0.25, 0.3) is 5.91 Å². The van der Waals surface area contributed by atoms with E-state index >= 15 is 0 Å². The molecule has 1 N–H and O–H groups in total. The van der Waals surface area contributed by atoms with Crippen molar-refractivity contribution in [2.45, 2.75) is 25.7 Å². The van der Waals surface area contributed by atoms with Gasteiger partial charge < -0.3 is 15.0 Å². The molecule has 2 aromatic carbocycles. The Morgan fingerprint density at radius 3 is 2.38 bits per heavy atom. The lowest BCUT2D eigenvalue weighted by Crippen LogP contribution is -2.30. The molecule has 0 unspecified atom stereocenters. The number of hydrogen-bond acceptors (Lipinski definition) is 3. The molecule has 138 valence electrons. The zero-order valence-corrected chi connectivity index (χ0v) is 15.7. The third-order valence-electron chi connectivity index (χ3n) is 4.58. The molecule has 5 heteroatoms. The lowest BCUT2D eigenvalue weighted by molar-refractivity contribution is -0.123. The minimum atomic E-state index is -0.120. The lowest BCUT2D eigenvalue weighted by atomic mass is 10.1. The Labute approximate surface area is 160 Å². The Balaban J connectivity index is 1.37. The third kappa shape index (κ3) is 5.67. The Morgan fingerprint density at radius 2 is 1.69 bits per heavy atom. The first-order valence-electron chi connectivity index (χ1n) is 9.20. The van der Waals surface area contributed by atoms with Gasteiger partial charge in [0.1, 0.15) is 5.75 Å². The van der Waals surface area contributed by atoms with Crippen LogP contribution in [0.25, 0.3) is 0 Å². The number of nitrogens with zero attached hydrogens (tertiary/aromatic N) is 1. The number of hydrogen-bond donors (Lipinski definition) is 1. The number of rotatable bonds is 7. The maximum Gasteiger partial charge on any atom is 0.257 e. The van der Waals surface area contributed by atoms with E-state index in [0.717, 1.165) is 19.5 Å². The van der Waals surface area contributed by atoms with Crippen LogP contribution in [0.2, 0.25) is 5.02 Å². The molecule has 1 fully saturated rings. The number of piperidine rings is 1. The Morgan fingerprint density at radius 1 is 1.00 bits per heavy atom. The minimum absolute atomic E-state index is 0.00945. The SMILES string of the molecule is O=C(COc1ccc(Cl)cc1)NCCc1ccc(N2CCCCC2)cc1. The number of anilines is 1. The predicted molar refractivity (Wildman–Crippen MR) is 106 cm³/mol. The second-order valence-electron chi connectivity index (χ2n) is 6.56. The van der Waals surface area contributed by atoms with Gasteiger partial charge in [-0.1, -0.05) is 23.7 Å². The molecule has 0 bridgehead atoms. The van der Waals surface area contributed by atoms with E-state index in [1.54, 1.807) is 24.3 Å². The summed E-state index contributed by atoms with van der Waals surface area (Å²) in [6, 6.07) is 15.7.